The van der Waals surface area contributed by atoms with Gasteiger partial charge in [0, 0.05) is 13.2 Å². The standard InChI is InChI=1S/C9H14N6/c1-15-6-7(4-12-15)2-3-8(10)9-5-11-14-13-9/h4-6,8H,2-3,10H2,1H3,(H,11,13,14). The van der Waals surface area contributed by atoms with Crippen LogP contribution in [0.25, 0.3) is 0 Å². The average molecular weight is 206 g/mol. The fourth-order valence-corrected chi connectivity index (χ4v) is 1.46. The van der Waals surface area contributed by atoms with E-state index in [0.29, 0.717) is 0 Å². The second-order valence-electron chi connectivity index (χ2n) is 3.56. The van der Waals surface area contributed by atoms with Crippen LogP contribution in [-0.2, 0) is 13.5 Å². The van der Waals surface area contributed by atoms with Crippen LogP contribution in [0.2, 0.25) is 0 Å². The lowest BCUT2D eigenvalue weighted by molar-refractivity contribution is 0.630. The molecule has 0 spiro atoms. The van der Waals surface area contributed by atoms with Crippen LogP contribution in [0.3, 0.4) is 0 Å². The quantitative estimate of drug-likeness (QED) is 0.746. The molecule has 2 aromatic heterocycles. The van der Waals surface area contributed by atoms with E-state index >= 15 is 0 Å². The molecule has 0 radical (unpaired) electrons. The second-order valence-corrected chi connectivity index (χ2v) is 3.56. The number of aromatic nitrogens is 5. The highest BCUT2D eigenvalue weighted by atomic mass is 15.3. The molecule has 6 heteroatoms. The number of aryl methyl sites for hydroxylation is 2. The van der Waals surface area contributed by atoms with Gasteiger partial charge in [0.1, 0.15) is 0 Å². The molecule has 0 bridgehead atoms. The summed E-state index contributed by atoms with van der Waals surface area (Å²) in [6.45, 7) is 0. The van der Waals surface area contributed by atoms with Gasteiger partial charge in [-0.1, -0.05) is 0 Å². The molecule has 2 aromatic rings. The van der Waals surface area contributed by atoms with Crippen molar-refractivity contribution < 1.29 is 0 Å². The monoisotopic (exact) mass is 206 g/mol. The molecule has 0 aliphatic heterocycles. The highest BCUT2D eigenvalue weighted by molar-refractivity contribution is 5.06. The van der Waals surface area contributed by atoms with Gasteiger partial charge in [-0.25, -0.2) is 0 Å². The van der Waals surface area contributed by atoms with Gasteiger partial charge in [0.25, 0.3) is 0 Å². The first kappa shape index (κ1) is 9.85. The molecule has 0 saturated heterocycles. The van der Waals surface area contributed by atoms with Crippen molar-refractivity contribution in [1.29, 1.82) is 0 Å². The van der Waals surface area contributed by atoms with E-state index in [1.165, 1.54) is 5.56 Å². The predicted octanol–water partition coefficient (Wildman–Crippen LogP) is 0.171. The Labute approximate surface area is 87.5 Å². The van der Waals surface area contributed by atoms with Crippen LogP contribution >= 0.6 is 0 Å². The van der Waals surface area contributed by atoms with Crippen molar-refractivity contribution >= 4 is 0 Å². The highest BCUT2D eigenvalue weighted by Crippen LogP contribution is 2.12. The van der Waals surface area contributed by atoms with Crippen LogP contribution in [0.1, 0.15) is 23.7 Å². The van der Waals surface area contributed by atoms with Crippen molar-refractivity contribution in [3.8, 4) is 0 Å². The minimum absolute atomic E-state index is 0.0658. The van der Waals surface area contributed by atoms with Gasteiger partial charge < -0.3 is 5.73 Å². The number of nitrogens with zero attached hydrogens (tertiary/aromatic N) is 4. The number of hydrogen-bond donors (Lipinski definition) is 2. The molecule has 3 N–H and O–H groups in total. The van der Waals surface area contributed by atoms with Gasteiger partial charge in [-0.3, -0.25) is 4.68 Å². The first-order chi connectivity index (χ1) is 7.25. The maximum atomic E-state index is 5.94. The Kier molecular flexibility index (Phi) is 2.77. The summed E-state index contributed by atoms with van der Waals surface area (Å²) in [7, 11) is 1.90. The van der Waals surface area contributed by atoms with Gasteiger partial charge in [-0.2, -0.15) is 20.5 Å². The van der Waals surface area contributed by atoms with Crippen molar-refractivity contribution in [3.05, 3.63) is 29.8 Å². The molecule has 0 amide bonds. The zero-order valence-corrected chi connectivity index (χ0v) is 8.59. The molecule has 2 rings (SSSR count). The van der Waals surface area contributed by atoms with Crippen molar-refractivity contribution in [1.82, 2.24) is 25.2 Å². The van der Waals surface area contributed by atoms with E-state index in [1.807, 2.05) is 19.4 Å². The van der Waals surface area contributed by atoms with Gasteiger partial charge in [0.05, 0.1) is 24.1 Å². The largest absolute Gasteiger partial charge is 0.323 e. The molecule has 15 heavy (non-hydrogen) atoms. The SMILES string of the molecule is Cn1cc(CCC(N)c2cn[nH]n2)cn1. The third-order valence-corrected chi connectivity index (χ3v) is 2.32. The molecule has 0 aliphatic rings. The number of hydrogen-bond acceptors (Lipinski definition) is 4. The lowest BCUT2D eigenvalue weighted by atomic mass is 10.1. The number of rotatable bonds is 4. The first-order valence-electron chi connectivity index (χ1n) is 4.84. The van der Waals surface area contributed by atoms with E-state index in [0.717, 1.165) is 18.5 Å². The Morgan fingerprint density at radius 3 is 3.00 bits per heavy atom. The smallest absolute Gasteiger partial charge is 0.0991 e. The molecule has 0 aromatic carbocycles. The lowest BCUT2D eigenvalue weighted by Crippen LogP contribution is -2.11. The lowest BCUT2D eigenvalue weighted by Gasteiger charge is -2.05. The van der Waals surface area contributed by atoms with Crippen LogP contribution in [0.5, 0.6) is 0 Å². The van der Waals surface area contributed by atoms with Crippen LogP contribution in [0.15, 0.2) is 18.6 Å². The maximum Gasteiger partial charge on any atom is 0.0991 e. The fraction of sp³-hybridized carbons (Fsp3) is 0.444. The third kappa shape index (κ3) is 2.41. The van der Waals surface area contributed by atoms with Crippen molar-refractivity contribution in [2.24, 2.45) is 12.8 Å². The van der Waals surface area contributed by atoms with Crippen molar-refractivity contribution in [3.63, 3.8) is 0 Å². The molecule has 80 valence electrons. The Morgan fingerprint density at radius 1 is 1.53 bits per heavy atom. The van der Waals surface area contributed by atoms with Crippen LogP contribution in [0.4, 0.5) is 0 Å². The van der Waals surface area contributed by atoms with Crippen molar-refractivity contribution in [2.45, 2.75) is 18.9 Å². The summed E-state index contributed by atoms with van der Waals surface area (Å²) in [6, 6.07) is -0.0658. The van der Waals surface area contributed by atoms with Crippen LogP contribution < -0.4 is 5.73 Å². The Balaban J connectivity index is 1.88. The average Bonchev–Trinajstić information content (AvgIpc) is 2.84. The molecule has 1 unspecified atom stereocenters. The predicted molar refractivity (Wildman–Crippen MR) is 54.8 cm³/mol. The van der Waals surface area contributed by atoms with E-state index in [-0.39, 0.29) is 6.04 Å². The molecule has 0 fully saturated rings. The van der Waals surface area contributed by atoms with E-state index in [4.69, 9.17) is 5.73 Å². The summed E-state index contributed by atoms with van der Waals surface area (Å²) < 4.78 is 1.79. The topological polar surface area (TPSA) is 85.4 Å². The Hall–Kier alpha value is -1.69. The normalized spacial score (nSPS) is 12.9. The van der Waals surface area contributed by atoms with Crippen molar-refractivity contribution in [2.75, 3.05) is 0 Å². The van der Waals surface area contributed by atoms with E-state index in [9.17, 15) is 0 Å². The first-order valence-corrected chi connectivity index (χ1v) is 4.84. The van der Waals surface area contributed by atoms with E-state index in [2.05, 4.69) is 20.5 Å². The summed E-state index contributed by atoms with van der Waals surface area (Å²) in [5.74, 6) is 0. The number of aromatic amines is 1. The number of nitrogens with one attached hydrogen (secondary N) is 1. The minimum atomic E-state index is -0.0658. The fourth-order valence-electron chi connectivity index (χ4n) is 1.46. The van der Waals surface area contributed by atoms with Gasteiger partial charge in [-0.05, 0) is 18.4 Å². The zero-order chi connectivity index (χ0) is 10.7. The zero-order valence-electron chi connectivity index (χ0n) is 8.59. The second kappa shape index (κ2) is 4.22. The van der Waals surface area contributed by atoms with Crippen LogP contribution in [0, 0.1) is 0 Å². The van der Waals surface area contributed by atoms with E-state index < -0.39 is 0 Å². The minimum Gasteiger partial charge on any atom is -0.323 e. The molecule has 2 heterocycles. The van der Waals surface area contributed by atoms with E-state index in [1.54, 1.807) is 10.9 Å². The number of nitrogens with two attached hydrogens (primary N) is 1. The van der Waals surface area contributed by atoms with Crippen LogP contribution in [-0.4, -0.2) is 25.2 Å². The molecule has 6 nitrogen and oxygen atoms in total. The molecule has 0 aliphatic carbocycles. The molecule has 0 saturated carbocycles. The van der Waals surface area contributed by atoms with Gasteiger partial charge in [0.2, 0.25) is 0 Å². The van der Waals surface area contributed by atoms with Gasteiger partial charge in [0.15, 0.2) is 0 Å². The number of H-pyrrole nitrogens is 1. The summed E-state index contributed by atoms with van der Waals surface area (Å²) >= 11 is 0. The summed E-state index contributed by atoms with van der Waals surface area (Å²) in [5.41, 5.74) is 7.94. The summed E-state index contributed by atoms with van der Waals surface area (Å²) in [5, 5.41) is 14.3. The molecular weight excluding hydrogens is 192 g/mol. The van der Waals surface area contributed by atoms with Gasteiger partial charge in [-0.15, -0.1) is 0 Å². The summed E-state index contributed by atoms with van der Waals surface area (Å²) in [6.07, 6.45) is 7.26. The van der Waals surface area contributed by atoms with Gasteiger partial charge >= 0.3 is 0 Å². The Bertz CT molecular complexity index is 404. The maximum absolute atomic E-state index is 5.94. The Morgan fingerprint density at radius 2 is 2.40 bits per heavy atom. The highest BCUT2D eigenvalue weighted by Gasteiger charge is 2.09. The molecular formula is C9H14N6. The summed E-state index contributed by atoms with van der Waals surface area (Å²) in [4.78, 5) is 0. The molecule has 1 atom stereocenters. The third-order valence-electron chi connectivity index (χ3n) is 2.32.